The molecule has 144 valence electrons. The number of nitrogen functional groups attached to an aromatic ring is 1. The Balaban J connectivity index is 1.64. The van der Waals surface area contributed by atoms with E-state index in [1.54, 1.807) is 30.0 Å². The molecule has 1 aliphatic rings. The van der Waals surface area contributed by atoms with Crippen LogP contribution in [-0.2, 0) is 6.54 Å². The van der Waals surface area contributed by atoms with Crippen LogP contribution in [0.2, 0.25) is 0 Å². The fourth-order valence-electron chi connectivity index (χ4n) is 3.30. The maximum absolute atomic E-state index is 13.6. The van der Waals surface area contributed by atoms with E-state index in [1.165, 1.54) is 7.11 Å². The van der Waals surface area contributed by atoms with Crippen molar-refractivity contribution in [1.82, 2.24) is 14.8 Å². The maximum Gasteiger partial charge on any atom is 0.259 e. The molecule has 0 spiro atoms. The number of nitrogens with zero attached hydrogens (tertiary/aromatic N) is 3. The number of hydrogen-bond acceptors (Lipinski definition) is 5. The zero-order valence-corrected chi connectivity index (χ0v) is 16.0. The number of carbonyl (C=O) groups is 1. The summed E-state index contributed by atoms with van der Waals surface area (Å²) in [6.45, 7) is 7.21. The van der Waals surface area contributed by atoms with Gasteiger partial charge >= 0.3 is 0 Å². The van der Waals surface area contributed by atoms with Gasteiger partial charge < -0.3 is 15.4 Å². The number of nitrogens with two attached hydrogens (primary N) is 1. The molecule has 1 amide bonds. The Bertz CT molecular complexity index is 848. The number of methoxy groups -OCH3 is 1. The van der Waals surface area contributed by atoms with Crippen LogP contribution in [0.4, 0.5) is 10.2 Å². The lowest BCUT2D eigenvalue weighted by molar-refractivity contribution is 0.0624. The molecule has 2 heterocycles. The van der Waals surface area contributed by atoms with E-state index in [1.807, 2.05) is 13.0 Å². The van der Waals surface area contributed by atoms with Crippen LogP contribution >= 0.6 is 0 Å². The second kappa shape index (κ2) is 7.92. The predicted molar refractivity (Wildman–Crippen MR) is 102 cm³/mol. The Morgan fingerprint density at radius 3 is 2.56 bits per heavy atom. The highest BCUT2D eigenvalue weighted by Gasteiger charge is 2.25. The molecule has 1 aromatic heterocycles. The molecule has 0 bridgehead atoms. The fourth-order valence-corrected chi connectivity index (χ4v) is 3.30. The third-order valence-electron chi connectivity index (χ3n) is 4.98. The van der Waals surface area contributed by atoms with Crippen molar-refractivity contribution in [3.05, 3.63) is 52.3 Å². The zero-order chi connectivity index (χ0) is 19.6. The van der Waals surface area contributed by atoms with Gasteiger partial charge in [0.1, 0.15) is 17.2 Å². The summed E-state index contributed by atoms with van der Waals surface area (Å²) in [7, 11) is 1.48. The molecule has 1 saturated heterocycles. The molecule has 7 heteroatoms. The van der Waals surface area contributed by atoms with Crippen LogP contribution in [0.15, 0.2) is 24.3 Å². The van der Waals surface area contributed by atoms with Crippen molar-refractivity contribution in [2.24, 2.45) is 0 Å². The van der Waals surface area contributed by atoms with Gasteiger partial charge in [0.05, 0.1) is 7.11 Å². The number of piperazine rings is 1. The fraction of sp³-hybridized carbons (Fsp3) is 0.400. The summed E-state index contributed by atoms with van der Waals surface area (Å²) in [5.74, 6) is 0.295. The van der Waals surface area contributed by atoms with E-state index in [2.05, 4.69) is 9.88 Å². The number of carbonyl (C=O) groups excluding carboxylic acids is 1. The van der Waals surface area contributed by atoms with Crippen LogP contribution in [0.3, 0.4) is 0 Å². The van der Waals surface area contributed by atoms with Gasteiger partial charge in [0.2, 0.25) is 5.88 Å². The molecule has 0 radical (unpaired) electrons. The zero-order valence-electron chi connectivity index (χ0n) is 16.0. The number of rotatable bonds is 4. The highest BCUT2D eigenvalue weighted by atomic mass is 19.1. The van der Waals surface area contributed by atoms with E-state index in [4.69, 9.17) is 10.5 Å². The Morgan fingerprint density at radius 1 is 1.19 bits per heavy atom. The largest absolute Gasteiger partial charge is 0.480 e. The number of halogens is 1. The smallest absolute Gasteiger partial charge is 0.259 e. The first-order valence-corrected chi connectivity index (χ1v) is 8.97. The van der Waals surface area contributed by atoms with Crippen LogP contribution in [0.25, 0.3) is 0 Å². The molecule has 3 rings (SSSR count). The molecule has 1 aliphatic heterocycles. The van der Waals surface area contributed by atoms with Crippen molar-refractivity contribution >= 4 is 11.7 Å². The van der Waals surface area contributed by atoms with Crippen molar-refractivity contribution in [3.8, 4) is 5.88 Å². The Labute approximate surface area is 158 Å². The first kappa shape index (κ1) is 19.1. The minimum absolute atomic E-state index is 0.104. The molecule has 27 heavy (non-hydrogen) atoms. The van der Waals surface area contributed by atoms with Crippen LogP contribution in [-0.4, -0.2) is 54.0 Å². The number of ether oxygens (including phenoxy) is 1. The lowest BCUT2D eigenvalue weighted by atomic mass is 10.0. The van der Waals surface area contributed by atoms with E-state index >= 15 is 0 Å². The number of aryl methyl sites for hydroxylation is 2. The summed E-state index contributed by atoms with van der Waals surface area (Å²) in [6, 6.07) is 6.75. The van der Waals surface area contributed by atoms with Gasteiger partial charge in [0, 0.05) is 32.7 Å². The average molecular weight is 372 g/mol. The molecule has 0 unspecified atom stereocenters. The molecule has 0 aliphatic carbocycles. The SMILES string of the molecule is COc1nc(N)ccc1C(=O)N1CCN(Cc2cc(C)c(F)cc2C)CC1. The number of aromatic nitrogens is 1. The summed E-state index contributed by atoms with van der Waals surface area (Å²) >= 11 is 0. The summed E-state index contributed by atoms with van der Waals surface area (Å²) in [5.41, 5.74) is 8.82. The van der Waals surface area contributed by atoms with E-state index in [-0.39, 0.29) is 17.6 Å². The minimum Gasteiger partial charge on any atom is -0.480 e. The third-order valence-corrected chi connectivity index (χ3v) is 4.98. The monoisotopic (exact) mass is 372 g/mol. The topological polar surface area (TPSA) is 71.7 Å². The Kier molecular flexibility index (Phi) is 5.60. The minimum atomic E-state index is -0.169. The van der Waals surface area contributed by atoms with Crippen LogP contribution in [0.5, 0.6) is 5.88 Å². The standard InChI is InChI=1S/C20H25FN4O2/c1-13-11-17(21)14(2)10-15(13)12-24-6-8-25(9-7-24)20(26)16-4-5-18(22)23-19(16)27-3/h4-5,10-11H,6-9,12H2,1-3H3,(H2,22,23). The van der Waals surface area contributed by atoms with Gasteiger partial charge in [-0.2, -0.15) is 4.98 Å². The van der Waals surface area contributed by atoms with Gasteiger partial charge in [0.15, 0.2) is 0 Å². The van der Waals surface area contributed by atoms with Crippen molar-refractivity contribution in [2.75, 3.05) is 39.0 Å². The normalized spacial score (nSPS) is 15.0. The van der Waals surface area contributed by atoms with Crippen molar-refractivity contribution < 1.29 is 13.9 Å². The summed E-state index contributed by atoms with van der Waals surface area (Å²) in [5, 5.41) is 0. The average Bonchev–Trinajstić information content (AvgIpc) is 2.66. The van der Waals surface area contributed by atoms with Gasteiger partial charge in [-0.15, -0.1) is 0 Å². The third kappa shape index (κ3) is 4.19. The van der Waals surface area contributed by atoms with Crippen molar-refractivity contribution in [2.45, 2.75) is 20.4 Å². The Morgan fingerprint density at radius 2 is 1.89 bits per heavy atom. The van der Waals surface area contributed by atoms with Gasteiger partial charge in [-0.05, 0) is 48.7 Å². The van der Waals surface area contributed by atoms with Crippen LogP contribution in [0, 0.1) is 19.7 Å². The molecule has 6 nitrogen and oxygen atoms in total. The van der Waals surface area contributed by atoms with E-state index in [9.17, 15) is 9.18 Å². The van der Waals surface area contributed by atoms with E-state index in [0.717, 1.165) is 30.8 Å². The first-order chi connectivity index (χ1) is 12.9. The van der Waals surface area contributed by atoms with Gasteiger partial charge in [-0.3, -0.25) is 9.69 Å². The molecule has 0 saturated carbocycles. The number of anilines is 1. The van der Waals surface area contributed by atoms with Gasteiger partial charge in [-0.25, -0.2) is 4.39 Å². The maximum atomic E-state index is 13.6. The summed E-state index contributed by atoms with van der Waals surface area (Å²) in [4.78, 5) is 20.9. The van der Waals surface area contributed by atoms with E-state index < -0.39 is 0 Å². The second-order valence-electron chi connectivity index (χ2n) is 6.89. The number of benzene rings is 1. The molecular formula is C20H25FN4O2. The highest BCUT2D eigenvalue weighted by molar-refractivity contribution is 5.96. The van der Waals surface area contributed by atoms with E-state index in [0.29, 0.717) is 30.0 Å². The van der Waals surface area contributed by atoms with Crippen molar-refractivity contribution in [3.63, 3.8) is 0 Å². The number of pyridine rings is 1. The van der Waals surface area contributed by atoms with Gasteiger partial charge in [0.25, 0.3) is 5.91 Å². The van der Waals surface area contributed by atoms with Crippen LogP contribution < -0.4 is 10.5 Å². The quantitative estimate of drug-likeness (QED) is 0.892. The molecule has 2 N–H and O–H groups in total. The van der Waals surface area contributed by atoms with Crippen LogP contribution in [0.1, 0.15) is 27.0 Å². The molecule has 1 fully saturated rings. The number of hydrogen-bond donors (Lipinski definition) is 1. The van der Waals surface area contributed by atoms with Crippen molar-refractivity contribution in [1.29, 1.82) is 0 Å². The first-order valence-electron chi connectivity index (χ1n) is 8.97. The number of amides is 1. The molecule has 1 aromatic carbocycles. The second-order valence-corrected chi connectivity index (χ2v) is 6.89. The predicted octanol–water partition coefficient (Wildman–Crippen LogP) is 2.39. The summed E-state index contributed by atoms with van der Waals surface area (Å²) in [6.07, 6.45) is 0. The molecule has 0 atom stereocenters. The Hall–Kier alpha value is -2.67. The summed E-state index contributed by atoms with van der Waals surface area (Å²) < 4.78 is 18.8. The van der Waals surface area contributed by atoms with Gasteiger partial charge in [-0.1, -0.05) is 6.07 Å². The lowest BCUT2D eigenvalue weighted by Crippen LogP contribution is -2.48. The molecular weight excluding hydrogens is 347 g/mol. The highest BCUT2D eigenvalue weighted by Crippen LogP contribution is 2.21. The lowest BCUT2D eigenvalue weighted by Gasteiger charge is -2.35. The molecule has 2 aromatic rings.